The van der Waals surface area contributed by atoms with Crippen molar-refractivity contribution in [1.82, 2.24) is 0 Å². The van der Waals surface area contributed by atoms with Crippen molar-refractivity contribution in [3.63, 3.8) is 0 Å². The molecule has 0 atom stereocenters. The summed E-state index contributed by atoms with van der Waals surface area (Å²) in [6.45, 7) is 23.2. The van der Waals surface area contributed by atoms with Gasteiger partial charge in [-0.3, -0.25) is 0 Å². The fourth-order valence-corrected chi connectivity index (χ4v) is 4.14. The van der Waals surface area contributed by atoms with Gasteiger partial charge in [0.2, 0.25) is 6.67 Å². The van der Waals surface area contributed by atoms with E-state index in [9.17, 15) is 16.9 Å². The van der Waals surface area contributed by atoms with E-state index in [0.717, 1.165) is 0 Å². The van der Waals surface area contributed by atoms with Crippen molar-refractivity contribution < 1.29 is 39.3 Å². The summed E-state index contributed by atoms with van der Waals surface area (Å²) in [5, 5.41) is 7.32. The summed E-state index contributed by atoms with van der Waals surface area (Å²) in [6.07, 6.45) is 4.32. The Bertz CT molecular complexity index is 1050. The molecule has 0 saturated carbocycles. The molecular weight excluding hydrogens is 823 g/mol. The number of nitriles is 1. The Balaban J connectivity index is 0.00000119. The van der Waals surface area contributed by atoms with Gasteiger partial charge in [-0.25, -0.2) is 0 Å². The molecular formula is C29H39AuF6N3Sb. The van der Waals surface area contributed by atoms with E-state index in [1.165, 1.54) is 40.6 Å². The molecule has 0 aromatic heterocycles. The third-order valence-corrected chi connectivity index (χ3v) is 5.75. The molecule has 2 aromatic carbocycles. The monoisotopic (exact) mass is 861 g/mol. The topological polar surface area (TPSA) is 30.3 Å². The molecule has 0 amide bonds. The summed E-state index contributed by atoms with van der Waals surface area (Å²) in [7, 11) is 0. The molecule has 0 fully saturated rings. The minimum atomic E-state index is -11.2. The summed E-state index contributed by atoms with van der Waals surface area (Å²) in [5.74, 6) is 1.84. The SMILES string of the molecule is CC#N.CC(C)c1cccc(C(C)C)c1N1[C]N(c2c(C(C)C)cccc2C(C)C)C=C1.[Au+].[F][Sb-]([F])([F])([F])([F])[F]. The van der Waals surface area contributed by atoms with E-state index in [-0.39, 0.29) is 22.4 Å². The number of hydrogen-bond acceptors (Lipinski definition) is 3. The van der Waals surface area contributed by atoms with Gasteiger partial charge in [0.05, 0.1) is 17.4 Å². The van der Waals surface area contributed by atoms with Crippen LogP contribution in [0.1, 0.15) is 108 Å². The predicted molar refractivity (Wildman–Crippen MR) is 150 cm³/mol. The molecule has 1 aliphatic rings. The Morgan fingerprint density at radius 2 is 0.825 bits per heavy atom. The summed E-state index contributed by atoms with van der Waals surface area (Å²) in [6, 6.07) is 15.2. The van der Waals surface area contributed by atoms with Crippen molar-refractivity contribution in [1.29, 1.82) is 5.26 Å². The van der Waals surface area contributed by atoms with Crippen LogP contribution < -0.4 is 9.80 Å². The second-order valence-corrected chi connectivity index (χ2v) is 16.0. The van der Waals surface area contributed by atoms with Gasteiger partial charge in [0.25, 0.3) is 0 Å². The molecule has 40 heavy (non-hydrogen) atoms. The molecule has 0 spiro atoms. The zero-order valence-corrected chi connectivity index (χ0v) is 29.0. The van der Waals surface area contributed by atoms with Gasteiger partial charge in [0.15, 0.2) is 0 Å². The summed E-state index contributed by atoms with van der Waals surface area (Å²) < 4.78 is 59.6. The minimum absolute atomic E-state index is 0. The first-order chi connectivity index (χ1) is 17.6. The summed E-state index contributed by atoms with van der Waals surface area (Å²) in [4.78, 5) is 4.40. The molecule has 1 aliphatic heterocycles. The number of para-hydroxylation sites is 2. The van der Waals surface area contributed by atoms with Crippen molar-refractivity contribution in [2.75, 3.05) is 9.80 Å². The fraction of sp³-hybridized carbons (Fsp3) is 0.448. The van der Waals surface area contributed by atoms with Crippen LogP contribution >= 0.6 is 0 Å². The van der Waals surface area contributed by atoms with Gasteiger partial charge in [-0.05, 0) is 45.9 Å². The number of halogens is 6. The number of rotatable bonds is 6. The molecule has 0 unspecified atom stereocenters. The zero-order valence-electron chi connectivity index (χ0n) is 24.3. The average molecular weight is 862 g/mol. The Morgan fingerprint density at radius 1 is 0.625 bits per heavy atom. The molecule has 0 aliphatic carbocycles. The van der Waals surface area contributed by atoms with Crippen molar-refractivity contribution in [3.8, 4) is 6.07 Å². The van der Waals surface area contributed by atoms with Crippen molar-refractivity contribution in [2.24, 2.45) is 0 Å². The normalized spacial score (nSPS) is 14.7. The van der Waals surface area contributed by atoms with E-state index in [0.29, 0.717) is 23.7 Å². The van der Waals surface area contributed by atoms with Gasteiger partial charge in [0, 0.05) is 19.3 Å². The second-order valence-electron chi connectivity index (χ2n) is 10.5. The number of anilines is 2. The number of nitrogens with zero attached hydrogens (tertiary/aromatic N) is 3. The van der Waals surface area contributed by atoms with Crippen molar-refractivity contribution >= 4 is 30.8 Å². The van der Waals surface area contributed by atoms with Gasteiger partial charge in [-0.15, -0.1) is 0 Å². The molecule has 3 rings (SSSR count). The van der Waals surface area contributed by atoms with Crippen LogP contribution in [0, 0.1) is 18.0 Å². The Hall–Kier alpha value is -1.59. The average Bonchev–Trinajstić information content (AvgIpc) is 3.25. The number of hydrogen-bond donors (Lipinski definition) is 0. The molecule has 11 heteroatoms. The Kier molecular flexibility index (Phi) is 13.5. The van der Waals surface area contributed by atoms with Gasteiger partial charge < -0.3 is 9.80 Å². The molecule has 2 radical (unpaired) electrons. The third kappa shape index (κ3) is 12.9. The fourth-order valence-electron chi connectivity index (χ4n) is 4.14. The van der Waals surface area contributed by atoms with E-state index in [1.807, 2.05) is 0 Å². The maximum absolute atomic E-state index is 11.2. The van der Waals surface area contributed by atoms with E-state index >= 15 is 0 Å². The summed E-state index contributed by atoms with van der Waals surface area (Å²) in [5.41, 5.74) is 8.05. The first-order valence-corrected chi connectivity index (χ1v) is 18.5. The van der Waals surface area contributed by atoms with E-state index in [1.54, 1.807) is 6.07 Å². The number of benzene rings is 2. The van der Waals surface area contributed by atoms with Crippen molar-refractivity contribution in [3.05, 3.63) is 77.7 Å². The van der Waals surface area contributed by atoms with Gasteiger partial charge in [0.1, 0.15) is 0 Å². The van der Waals surface area contributed by atoms with Gasteiger partial charge in [-0.1, -0.05) is 91.8 Å². The van der Waals surface area contributed by atoms with Gasteiger partial charge in [-0.2, -0.15) is 5.26 Å². The third-order valence-electron chi connectivity index (χ3n) is 5.75. The van der Waals surface area contributed by atoms with Gasteiger partial charge >= 0.3 is 58.7 Å². The molecule has 1 heterocycles. The van der Waals surface area contributed by atoms with E-state index in [4.69, 9.17) is 5.26 Å². The first-order valence-electron chi connectivity index (χ1n) is 12.7. The summed E-state index contributed by atoms with van der Waals surface area (Å²) >= 11 is -11.2. The van der Waals surface area contributed by atoms with Crippen LogP contribution in [0.3, 0.4) is 0 Å². The van der Waals surface area contributed by atoms with E-state index < -0.39 is 19.5 Å². The predicted octanol–water partition coefficient (Wildman–Crippen LogP) is 10.6. The molecule has 0 N–H and O–H groups in total. The van der Waals surface area contributed by atoms with E-state index in [2.05, 4.69) is 121 Å². The quantitative estimate of drug-likeness (QED) is 0.214. The standard InChI is InChI=1S/C27H36N2.C2H3N.Au.6FH.Sb/c1-18(2)22-11-9-12-23(19(3)4)26(22)28-15-16-29(17-28)27-24(20(5)6)13-10-14-25(27)21(7)8;1-2-3;;;;;;;;/h9-16,18-21H,1-8H3;1H3;;6*1H;/q;;+1;;;;;;;+5/p-6. The molecule has 0 saturated heterocycles. The van der Waals surface area contributed by atoms with Crippen LogP contribution in [0.2, 0.25) is 0 Å². The molecule has 0 bridgehead atoms. The van der Waals surface area contributed by atoms with Crippen LogP contribution in [0.25, 0.3) is 0 Å². The molecule has 228 valence electrons. The Morgan fingerprint density at radius 3 is 1.00 bits per heavy atom. The van der Waals surface area contributed by atoms with Crippen LogP contribution in [0.4, 0.5) is 28.3 Å². The van der Waals surface area contributed by atoms with Crippen LogP contribution in [0.15, 0.2) is 48.8 Å². The molecule has 3 nitrogen and oxygen atoms in total. The maximum atomic E-state index is 9.93. The van der Waals surface area contributed by atoms with Crippen LogP contribution in [0.5, 0.6) is 0 Å². The van der Waals surface area contributed by atoms with Crippen LogP contribution in [-0.4, -0.2) is 19.5 Å². The Labute approximate surface area is 253 Å². The first kappa shape index (κ1) is 38.4. The zero-order chi connectivity index (χ0) is 30.4. The molecule has 2 aromatic rings. The van der Waals surface area contributed by atoms with Crippen molar-refractivity contribution in [2.45, 2.75) is 86.0 Å². The van der Waals surface area contributed by atoms with Crippen LogP contribution in [-0.2, 0) is 22.4 Å². The second kappa shape index (κ2) is 14.1.